The van der Waals surface area contributed by atoms with Crippen LogP contribution >= 0.6 is 11.3 Å². The number of hydrogen-bond donors (Lipinski definition) is 1. The Labute approximate surface area is 132 Å². The van der Waals surface area contributed by atoms with Gasteiger partial charge in [-0.3, -0.25) is 9.59 Å². The van der Waals surface area contributed by atoms with Gasteiger partial charge < -0.3 is 10.6 Å². The molecule has 114 valence electrons. The Kier molecular flexibility index (Phi) is 3.48. The van der Waals surface area contributed by atoms with E-state index in [0.29, 0.717) is 18.8 Å². The molecule has 2 heterocycles. The van der Waals surface area contributed by atoms with Crippen molar-refractivity contribution >= 4 is 23.2 Å². The summed E-state index contributed by atoms with van der Waals surface area (Å²) in [5, 5.41) is 2.58. The molecule has 1 aromatic heterocycles. The van der Waals surface area contributed by atoms with Crippen LogP contribution in [0.2, 0.25) is 0 Å². The van der Waals surface area contributed by atoms with Gasteiger partial charge in [0, 0.05) is 24.0 Å². The molecule has 0 unspecified atom stereocenters. The second-order valence-corrected chi connectivity index (χ2v) is 6.85. The smallest absolute Gasteiger partial charge is 0.273 e. The summed E-state index contributed by atoms with van der Waals surface area (Å²) in [5.41, 5.74) is 7.34. The van der Waals surface area contributed by atoms with Gasteiger partial charge in [0.05, 0.1) is 5.41 Å². The number of benzene rings is 1. The van der Waals surface area contributed by atoms with Crippen molar-refractivity contribution in [2.45, 2.75) is 13.8 Å². The fourth-order valence-corrected chi connectivity index (χ4v) is 3.26. The Bertz CT molecular complexity index is 730. The van der Waals surface area contributed by atoms with Crippen LogP contribution in [0.5, 0.6) is 0 Å². The van der Waals surface area contributed by atoms with E-state index in [9.17, 15) is 9.59 Å². The van der Waals surface area contributed by atoms with Crippen LogP contribution in [0.1, 0.15) is 23.0 Å². The van der Waals surface area contributed by atoms with Gasteiger partial charge in [-0.1, -0.05) is 29.8 Å². The van der Waals surface area contributed by atoms with Crippen LogP contribution in [-0.2, 0) is 4.79 Å². The molecule has 0 spiro atoms. The Balaban J connectivity index is 1.73. The van der Waals surface area contributed by atoms with Crippen LogP contribution < -0.4 is 5.73 Å². The van der Waals surface area contributed by atoms with Crippen molar-refractivity contribution in [3.63, 3.8) is 0 Å². The van der Waals surface area contributed by atoms with Gasteiger partial charge in [-0.05, 0) is 13.8 Å². The molecule has 1 aliphatic heterocycles. The Morgan fingerprint density at radius 1 is 1.27 bits per heavy atom. The number of amides is 2. The third kappa shape index (κ3) is 2.50. The molecule has 1 aliphatic rings. The van der Waals surface area contributed by atoms with E-state index in [1.807, 2.05) is 31.2 Å². The van der Waals surface area contributed by atoms with E-state index >= 15 is 0 Å². The number of carbonyl (C=O) groups is 2. The van der Waals surface area contributed by atoms with E-state index in [0.717, 1.165) is 10.6 Å². The molecule has 2 N–H and O–H groups in total. The van der Waals surface area contributed by atoms with E-state index in [1.54, 1.807) is 17.2 Å². The summed E-state index contributed by atoms with van der Waals surface area (Å²) in [4.78, 5) is 29.7. The van der Waals surface area contributed by atoms with Crippen LogP contribution in [0.15, 0.2) is 29.6 Å². The number of nitrogens with zero attached hydrogens (tertiary/aromatic N) is 2. The average Bonchev–Trinajstić information content (AvgIpc) is 2.93. The van der Waals surface area contributed by atoms with Gasteiger partial charge in [-0.15, -0.1) is 11.3 Å². The molecule has 6 heteroatoms. The normalized spacial score (nSPS) is 16.2. The minimum absolute atomic E-state index is 0.145. The highest BCUT2D eigenvalue weighted by atomic mass is 32.1. The lowest BCUT2D eigenvalue weighted by atomic mass is 9.81. The molecule has 2 amide bonds. The maximum atomic E-state index is 12.4. The largest absolute Gasteiger partial charge is 0.369 e. The highest BCUT2D eigenvalue weighted by Crippen LogP contribution is 2.31. The molecule has 1 saturated heterocycles. The maximum absolute atomic E-state index is 12.4. The monoisotopic (exact) mass is 315 g/mol. The molecule has 0 atom stereocenters. The van der Waals surface area contributed by atoms with Gasteiger partial charge in [0.25, 0.3) is 5.91 Å². The first-order valence-electron chi connectivity index (χ1n) is 7.01. The Morgan fingerprint density at radius 3 is 2.50 bits per heavy atom. The summed E-state index contributed by atoms with van der Waals surface area (Å²) >= 11 is 1.44. The number of rotatable bonds is 3. The minimum Gasteiger partial charge on any atom is -0.369 e. The quantitative estimate of drug-likeness (QED) is 0.942. The Morgan fingerprint density at radius 2 is 1.91 bits per heavy atom. The number of aromatic nitrogens is 1. The highest BCUT2D eigenvalue weighted by Gasteiger charge is 2.46. The van der Waals surface area contributed by atoms with Crippen molar-refractivity contribution in [3.05, 3.63) is 40.9 Å². The summed E-state index contributed by atoms with van der Waals surface area (Å²) in [6, 6.07) is 8.03. The summed E-state index contributed by atoms with van der Waals surface area (Å²) in [5.74, 6) is -0.511. The Hall–Kier alpha value is -2.21. The van der Waals surface area contributed by atoms with Gasteiger partial charge in [0.15, 0.2) is 0 Å². The molecule has 3 rings (SSSR count). The molecular weight excluding hydrogens is 298 g/mol. The standard InChI is InChI=1S/C16H17N3O2S/c1-10-3-5-11(6-4-10)13-18-12(7-22-13)14(20)19-8-16(2,9-19)15(17)21/h3-7H,8-9H2,1-2H3,(H2,17,21). The SMILES string of the molecule is Cc1ccc(-c2nc(C(=O)N3CC(C)(C(N)=O)C3)cs2)cc1. The number of aryl methyl sites for hydroxylation is 1. The molecule has 0 radical (unpaired) electrons. The van der Waals surface area contributed by atoms with Crippen molar-refractivity contribution in [2.75, 3.05) is 13.1 Å². The van der Waals surface area contributed by atoms with E-state index in [1.165, 1.54) is 16.9 Å². The number of carbonyl (C=O) groups excluding carboxylic acids is 2. The number of hydrogen-bond acceptors (Lipinski definition) is 4. The van der Waals surface area contributed by atoms with Crippen molar-refractivity contribution < 1.29 is 9.59 Å². The zero-order chi connectivity index (χ0) is 15.9. The first-order chi connectivity index (χ1) is 10.4. The average molecular weight is 315 g/mol. The highest BCUT2D eigenvalue weighted by molar-refractivity contribution is 7.13. The number of nitrogens with two attached hydrogens (primary N) is 1. The fraction of sp³-hybridized carbons (Fsp3) is 0.312. The molecular formula is C16H17N3O2S. The fourth-order valence-electron chi connectivity index (χ4n) is 2.46. The van der Waals surface area contributed by atoms with Gasteiger partial charge in [-0.25, -0.2) is 4.98 Å². The second-order valence-electron chi connectivity index (χ2n) is 5.99. The summed E-state index contributed by atoms with van der Waals surface area (Å²) in [6.07, 6.45) is 0. The van der Waals surface area contributed by atoms with E-state index in [2.05, 4.69) is 4.98 Å². The van der Waals surface area contributed by atoms with Crippen LogP contribution in [0, 0.1) is 12.3 Å². The van der Waals surface area contributed by atoms with E-state index in [-0.39, 0.29) is 11.8 Å². The third-order valence-electron chi connectivity index (χ3n) is 3.98. The zero-order valence-electron chi connectivity index (χ0n) is 12.5. The van der Waals surface area contributed by atoms with Crippen LogP contribution in [0.3, 0.4) is 0 Å². The molecule has 0 bridgehead atoms. The van der Waals surface area contributed by atoms with Gasteiger partial charge >= 0.3 is 0 Å². The minimum atomic E-state index is -0.606. The van der Waals surface area contributed by atoms with Crippen molar-refractivity contribution in [1.29, 1.82) is 0 Å². The maximum Gasteiger partial charge on any atom is 0.273 e. The van der Waals surface area contributed by atoms with Crippen molar-refractivity contribution in [1.82, 2.24) is 9.88 Å². The molecule has 2 aromatic rings. The predicted molar refractivity (Wildman–Crippen MR) is 85.5 cm³/mol. The second kappa shape index (κ2) is 5.21. The summed E-state index contributed by atoms with van der Waals surface area (Å²) in [6.45, 7) is 4.52. The number of thiazole rings is 1. The molecule has 5 nitrogen and oxygen atoms in total. The van der Waals surface area contributed by atoms with Crippen molar-refractivity contribution in [2.24, 2.45) is 11.1 Å². The van der Waals surface area contributed by atoms with E-state index < -0.39 is 5.41 Å². The molecule has 1 aromatic carbocycles. The van der Waals surface area contributed by atoms with Gasteiger partial charge in [0.1, 0.15) is 10.7 Å². The van der Waals surface area contributed by atoms with Crippen molar-refractivity contribution in [3.8, 4) is 10.6 Å². The zero-order valence-corrected chi connectivity index (χ0v) is 13.3. The van der Waals surface area contributed by atoms with E-state index in [4.69, 9.17) is 5.73 Å². The third-order valence-corrected chi connectivity index (χ3v) is 4.87. The van der Waals surface area contributed by atoms with Crippen LogP contribution in [0.4, 0.5) is 0 Å². The number of likely N-dealkylation sites (tertiary alicyclic amines) is 1. The first-order valence-corrected chi connectivity index (χ1v) is 7.89. The summed E-state index contributed by atoms with van der Waals surface area (Å²) < 4.78 is 0. The van der Waals surface area contributed by atoms with Crippen LogP contribution in [-0.4, -0.2) is 34.8 Å². The molecule has 22 heavy (non-hydrogen) atoms. The summed E-state index contributed by atoms with van der Waals surface area (Å²) in [7, 11) is 0. The number of primary amides is 1. The predicted octanol–water partition coefficient (Wildman–Crippen LogP) is 2.07. The van der Waals surface area contributed by atoms with Gasteiger partial charge in [-0.2, -0.15) is 0 Å². The molecule has 1 fully saturated rings. The lowest BCUT2D eigenvalue weighted by Gasteiger charge is -2.45. The topological polar surface area (TPSA) is 76.3 Å². The molecule has 0 aliphatic carbocycles. The van der Waals surface area contributed by atoms with Gasteiger partial charge in [0.2, 0.25) is 5.91 Å². The molecule has 0 saturated carbocycles. The lowest BCUT2D eigenvalue weighted by molar-refractivity contribution is -0.134. The van der Waals surface area contributed by atoms with Crippen LogP contribution in [0.25, 0.3) is 10.6 Å². The first kappa shape index (κ1) is 14.7. The lowest BCUT2D eigenvalue weighted by Crippen LogP contribution is -2.62.